The van der Waals surface area contributed by atoms with Crippen LogP contribution in [0.4, 0.5) is 74.6 Å². The quantitative estimate of drug-likeness (QED) is 0.222. The highest BCUT2D eigenvalue weighted by Crippen LogP contribution is 2.56. The summed E-state index contributed by atoms with van der Waals surface area (Å²) in [4.78, 5) is 11.1. The fraction of sp³-hybridized carbons (Fsp3) is 0.833. The summed E-state index contributed by atoms with van der Waals surface area (Å²) < 4.78 is 225. The first-order chi connectivity index (χ1) is 14.6. The summed E-state index contributed by atoms with van der Waals surface area (Å²) >= 11 is 0. The first-order valence-corrected chi connectivity index (χ1v) is 7.30. The number of esters is 1. The summed E-state index contributed by atoms with van der Waals surface area (Å²) in [6, 6.07) is 1.01. The van der Waals surface area contributed by atoms with Crippen molar-refractivity contribution in [3.05, 3.63) is 0 Å². The van der Waals surface area contributed by atoms with Crippen molar-refractivity contribution in [3.63, 3.8) is 0 Å². The Morgan fingerprint density at radius 3 is 1.41 bits per heavy atom. The average molecular weight is 549 g/mol. The molecule has 0 bridgehead atoms. The highest BCUT2D eigenvalue weighted by molar-refractivity contribution is 5.78. The molecule has 0 aliphatic heterocycles. The zero-order chi connectivity index (χ0) is 27.8. The first kappa shape index (κ1) is 31.7. The number of rotatable bonds is 9. The van der Waals surface area contributed by atoms with Crippen LogP contribution in [0.1, 0.15) is 6.42 Å². The number of nitriles is 1. The molecule has 0 saturated heterocycles. The number of halogens is 17. The number of carbonyl (C=O) groups excluding carboxylic acids is 1. The zero-order valence-corrected chi connectivity index (χ0v) is 14.9. The Morgan fingerprint density at radius 2 is 1.09 bits per heavy atom. The van der Waals surface area contributed by atoms with Crippen LogP contribution in [0.2, 0.25) is 0 Å². The number of hydrogen-bond acceptors (Lipinski definition) is 5. The van der Waals surface area contributed by atoms with Gasteiger partial charge in [0.15, 0.2) is 0 Å². The molecule has 5 nitrogen and oxygen atoms in total. The highest BCUT2D eigenvalue weighted by Gasteiger charge is 2.85. The van der Waals surface area contributed by atoms with E-state index in [2.05, 4.69) is 4.74 Å². The van der Waals surface area contributed by atoms with E-state index in [4.69, 9.17) is 5.26 Å². The lowest BCUT2D eigenvalue weighted by Gasteiger charge is -2.39. The molecular formula is C12H4F17NO4. The van der Waals surface area contributed by atoms with Gasteiger partial charge in [-0.2, -0.15) is 79.9 Å². The van der Waals surface area contributed by atoms with Crippen molar-refractivity contribution >= 4 is 5.97 Å². The molecule has 0 fully saturated rings. The van der Waals surface area contributed by atoms with E-state index in [0.717, 1.165) is 6.07 Å². The van der Waals surface area contributed by atoms with E-state index in [-0.39, 0.29) is 0 Å². The molecule has 2 atom stereocenters. The van der Waals surface area contributed by atoms with Gasteiger partial charge in [0, 0.05) is 0 Å². The third-order valence-corrected chi connectivity index (χ3v) is 3.07. The molecule has 0 aliphatic carbocycles. The van der Waals surface area contributed by atoms with E-state index in [1.165, 1.54) is 4.74 Å². The molecule has 0 radical (unpaired) electrons. The van der Waals surface area contributed by atoms with Crippen molar-refractivity contribution in [2.75, 3.05) is 6.61 Å². The van der Waals surface area contributed by atoms with Gasteiger partial charge in [-0.1, -0.05) is 0 Å². The van der Waals surface area contributed by atoms with Crippen LogP contribution in [0.25, 0.3) is 0 Å². The molecule has 0 aromatic rings. The fourth-order valence-corrected chi connectivity index (χ4v) is 1.43. The minimum Gasteiger partial charge on any atom is -0.460 e. The molecule has 22 heteroatoms. The Hall–Kier alpha value is -2.31. The molecule has 0 rings (SSSR count). The summed E-state index contributed by atoms with van der Waals surface area (Å²) in [5.41, 5.74) is 0. The summed E-state index contributed by atoms with van der Waals surface area (Å²) in [5.74, 6) is -26.7. The number of ether oxygens (including phenoxy) is 3. The normalized spacial score (nSPS) is 18.0. The molecule has 0 unspecified atom stereocenters. The summed E-state index contributed by atoms with van der Waals surface area (Å²) in [5, 5.41) is 8.04. The second-order valence-corrected chi connectivity index (χ2v) is 5.54. The van der Waals surface area contributed by atoms with Gasteiger partial charge in [-0.3, -0.25) is 9.47 Å². The highest BCUT2D eigenvalue weighted by atomic mass is 19.4. The van der Waals surface area contributed by atoms with Crippen molar-refractivity contribution < 1.29 is 93.6 Å². The third-order valence-electron chi connectivity index (χ3n) is 3.07. The van der Waals surface area contributed by atoms with Crippen LogP contribution in [-0.4, -0.2) is 61.0 Å². The second-order valence-electron chi connectivity index (χ2n) is 5.54. The molecule has 0 spiro atoms. The van der Waals surface area contributed by atoms with Gasteiger partial charge in [-0.15, -0.1) is 0 Å². The first-order valence-electron chi connectivity index (χ1n) is 7.30. The van der Waals surface area contributed by atoms with Crippen LogP contribution in [0.5, 0.6) is 0 Å². The minimum absolute atomic E-state index is 1.01. The van der Waals surface area contributed by atoms with Crippen molar-refractivity contribution in [2.45, 2.75) is 54.8 Å². The van der Waals surface area contributed by atoms with E-state index in [0.29, 0.717) is 0 Å². The van der Waals surface area contributed by atoms with Crippen molar-refractivity contribution in [2.24, 2.45) is 0 Å². The maximum Gasteiger partial charge on any atom is 0.462 e. The smallest absolute Gasteiger partial charge is 0.460 e. The second kappa shape index (κ2) is 9.04. The fourth-order valence-electron chi connectivity index (χ4n) is 1.43. The van der Waals surface area contributed by atoms with Crippen LogP contribution in [0.3, 0.4) is 0 Å². The molecule has 0 aliphatic rings. The van der Waals surface area contributed by atoms with E-state index in [9.17, 15) is 79.4 Å². The molecule has 0 aromatic carbocycles. The SMILES string of the molecule is N#CCCOC(=O)[C@@](F)(OC(F)(F)[C@](F)(OC(F)(F)C(F)(F)C(F)(F)F)C(F)(F)F)C(F)(F)F. The standard InChI is InChI=1S/C12H4F17NO4/c13-5(8(17,18)19,4(31)32-3-1-2-30)33-12(28,29)7(16,10(23,24)25)34-11(26,27)6(14,15)9(20,21)22/h1,3H2/t5-,7-/m1/s1. The van der Waals surface area contributed by atoms with E-state index < -0.39 is 67.4 Å². The van der Waals surface area contributed by atoms with Crippen LogP contribution in [0, 0.1) is 11.3 Å². The predicted molar refractivity (Wildman–Crippen MR) is 64.0 cm³/mol. The van der Waals surface area contributed by atoms with Gasteiger partial charge in [0.2, 0.25) is 0 Å². The molecule has 0 amide bonds. The molecule has 0 saturated carbocycles. The molecule has 0 N–H and O–H groups in total. The largest absolute Gasteiger partial charge is 0.462 e. The Balaban J connectivity index is 6.65. The minimum atomic E-state index is -8.09. The lowest BCUT2D eigenvalue weighted by Crippen LogP contribution is -2.68. The molecule has 34 heavy (non-hydrogen) atoms. The molecule has 0 heterocycles. The van der Waals surface area contributed by atoms with Gasteiger partial charge in [0.05, 0.1) is 12.5 Å². The van der Waals surface area contributed by atoms with Gasteiger partial charge in [-0.25, -0.2) is 4.79 Å². The topological polar surface area (TPSA) is 68.5 Å². The summed E-state index contributed by atoms with van der Waals surface area (Å²) in [7, 11) is 0. The van der Waals surface area contributed by atoms with Crippen LogP contribution in [0.15, 0.2) is 0 Å². The van der Waals surface area contributed by atoms with Crippen LogP contribution >= 0.6 is 0 Å². The van der Waals surface area contributed by atoms with Crippen molar-refractivity contribution in [3.8, 4) is 6.07 Å². The Morgan fingerprint density at radius 1 is 0.647 bits per heavy atom. The van der Waals surface area contributed by atoms with E-state index >= 15 is 0 Å². The Bertz CT molecular complexity index is 781. The van der Waals surface area contributed by atoms with Crippen LogP contribution in [-0.2, 0) is 19.0 Å². The number of hydrogen-bond donors (Lipinski definition) is 0. The van der Waals surface area contributed by atoms with E-state index in [1.807, 2.05) is 0 Å². The third kappa shape index (κ3) is 5.66. The molecule has 0 aromatic heterocycles. The maximum absolute atomic E-state index is 13.9. The molecule has 200 valence electrons. The monoisotopic (exact) mass is 549 g/mol. The summed E-state index contributed by atoms with van der Waals surface area (Å²) in [6.07, 6.45) is -39.9. The Kier molecular flexibility index (Phi) is 8.43. The average Bonchev–Trinajstić information content (AvgIpc) is 2.57. The number of nitrogens with zero attached hydrogens (tertiary/aromatic N) is 1. The van der Waals surface area contributed by atoms with E-state index in [1.54, 1.807) is 4.74 Å². The van der Waals surface area contributed by atoms with Crippen molar-refractivity contribution in [1.29, 1.82) is 5.26 Å². The van der Waals surface area contributed by atoms with Crippen molar-refractivity contribution in [1.82, 2.24) is 0 Å². The van der Waals surface area contributed by atoms with Gasteiger partial charge in [0.1, 0.15) is 6.61 Å². The van der Waals surface area contributed by atoms with Gasteiger partial charge in [-0.05, 0) is 0 Å². The Labute approximate surface area is 173 Å². The lowest BCUT2D eigenvalue weighted by atomic mass is 10.2. The number of alkyl halides is 17. The lowest BCUT2D eigenvalue weighted by molar-refractivity contribution is -0.548. The van der Waals surface area contributed by atoms with Crippen LogP contribution < -0.4 is 0 Å². The number of carbonyl (C=O) groups is 1. The zero-order valence-electron chi connectivity index (χ0n) is 14.9. The maximum atomic E-state index is 13.9. The molecular weight excluding hydrogens is 545 g/mol. The van der Waals surface area contributed by atoms with Gasteiger partial charge >= 0.3 is 54.3 Å². The summed E-state index contributed by atoms with van der Waals surface area (Å²) in [6.45, 7) is -1.60. The van der Waals surface area contributed by atoms with Gasteiger partial charge in [0.25, 0.3) is 0 Å². The predicted octanol–water partition coefficient (Wildman–Crippen LogP) is 5.32. The van der Waals surface area contributed by atoms with Gasteiger partial charge < -0.3 is 4.74 Å².